The largest absolute Gasteiger partial charge is 0.398 e. The fourth-order valence-electron chi connectivity index (χ4n) is 2.23. The van der Waals surface area contributed by atoms with Crippen LogP contribution in [0.25, 0.3) is 0 Å². The summed E-state index contributed by atoms with van der Waals surface area (Å²) in [5.74, 6) is 2.13. The van der Waals surface area contributed by atoms with Gasteiger partial charge in [0.25, 0.3) is 0 Å². The number of halogens is 1. The van der Waals surface area contributed by atoms with Gasteiger partial charge in [0.05, 0.1) is 10.7 Å². The lowest BCUT2D eigenvalue weighted by Gasteiger charge is -2.11. The van der Waals surface area contributed by atoms with Gasteiger partial charge in [-0.05, 0) is 43.4 Å². The minimum absolute atomic E-state index is 0.680. The van der Waals surface area contributed by atoms with E-state index in [0.717, 1.165) is 5.92 Å². The molecular formula is C13H18ClNS. The molecular weight excluding hydrogens is 238 g/mol. The average molecular weight is 256 g/mol. The van der Waals surface area contributed by atoms with Gasteiger partial charge in [0.15, 0.2) is 0 Å². The lowest BCUT2D eigenvalue weighted by Crippen LogP contribution is -1.97. The first-order valence-corrected chi connectivity index (χ1v) is 7.21. The maximum Gasteiger partial charge on any atom is 0.0646 e. The van der Waals surface area contributed by atoms with Crippen molar-refractivity contribution in [1.82, 2.24) is 0 Å². The van der Waals surface area contributed by atoms with E-state index >= 15 is 0 Å². The Morgan fingerprint density at radius 2 is 2.06 bits per heavy atom. The van der Waals surface area contributed by atoms with Gasteiger partial charge in [-0.25, -0.2) is 0 Å². The van der Waals surface area contributed by atoms with Gasteiger partial charge in [-0.1, -0.05) is 24.4 Å². The number of hydrogen-bond donors (Lipinski definition) is 1. The minimum atomic E-state index is 0.680. The van der Waals surface area contributed by atoms with E-state index in [1.54, 1.807) is 0 Å². The molecule has 0 atom stereocenters. The highest BCUT2D eigenvalue weighted by molar-refractivity contribution is 7.99. The Bertz CT molecular complexity index is 372. The number of thioether (sulfide) groups is 1. The molecule has 0 saturated heterocycles. The topological polar surface area (TPSA) is 26.0 Å². The number of nitrogen functional groups attached to an aromatic ring is 1. The fraction of sp³-hybridized carbons (Fsp3) is 0.538. The van der Waals surface area contributed by atoms with Crippen LogP contribution in [0.4, 0.5) is 5.69 Å². The zero-order chi connectivity index (χ0) is 11.5. The van der Waals surface area contributed by atoms with Crippen LogP contribution in [0.15, 0.2) is 17.0 Å². The molecule has 0 heterocycles. The van der Waals surface area contributed by atoms with Crippen molar-refractivity contribution < 1.29 is 0 Å². The predicted octanol–water partition coefficient (Wildman–Crippen LogP) is 4.51. The minimum Gasteiger partial charge on any atom is -0.398 e. The second-order valence-corrected chi connectivity index (χ2v) is 6.07. The van der Waals surface area contributed by atoms with Crippen LogP contribution in [-0.4, -0.2) is 5.75 Å². The first-order chi connectivity index (χ1) is 7.66. The molecule has 1 aliphatic rings. The molecule has 1 aromatic carbocycles. The summed E-state index contributed by atoms with van der Waals surface area (Å²) in [6.45, 7) is 2.10. The van der Waals surface area contributed by atoms with Crippen LogP contribution in [0.5, 0.6) is 0 Å². The van der Waals surface area contributed by atoms with E-state index < -0.39 is 0 Å². The number of benzene rings is 1. The molecule has 0 amide bonds. The molecule has 0 aromatic heterocycles. The molecule has 1 aliphatic carbocycles. The van der Waals surface area contributed by atoms with Gasteiger partial charge in [-0.15, -0.1) is 11.8 Å². The van der Waals surface area contributed by atoms with Gasteiger partial charge in [-0.2, -0.15) is 0 Å². The van der Waals surface area contributed by atoms with Crippen LogP contribution in [0.2, 0.25) is 5.02 Å². The maximum atomic E-state index is 6.04. The Balaban J connectivity index is 2.00. The van der Waals surface area contributed by atoms with Crippen LogP contribution in [0, 0.1) is 12.8 Å². The Morgan fingerprint density at radius 1 is 1.38 bits per heavy atom. The van der Waals surface area contributed by atoms with Crippen molar-refractivity contribution in [3.8, 4) is 0 Å². The number of rotatable bonds is 3. The Morgan fingerprint density at radius 3 is 2.75 bits per heavy atom. The van der Waals surface area contributed by atoms with Crippen molar-refractivity contribution in [2.24, 2.45) is 5.92 Å². The Labute approximate surface area is 107 Å². The van der Waals surface area contributed by atoms with E-state index in [9.17, 15) is 0 Å². The second-order valence-electron chi connectivity index (χ2n) is 4.60. The zero-order valence-electron chi connectivity index (χ0n) is 9.63. The first kappa shape index (κ1) is 12.1. The standard InChI is InChI=1S/C13H18ClNS/c1-9-6-12(15)11(14)7-13(9)16-8-10-4-2-3-5-10/h6-7,10H,2-5,8,15H2,1H3. The van der Waals surface area contributed by atoms with E-state index in [2.05, 4.69) is 6.92 Å². The number of aryl methyl sites for hydroxylation is 1. The normalized spacial score (nSPS) is 16.9. The summed E-state index contributed by atoms with van der Waals surface area (Å²) in [4.78, 5) is 1.28. The fourth-order valence-corrected chi connectivity index (χ4v) is 3.69. The van der Waals surface area contributed by atoms with Gasteiger partial charge in [0.2, 0.25) is 0 Å². The third-order valence-corrected chi connectivity index (χ3v) is 4.96. The van der Waals surface area contributed by atoms with Crippen LogP contribution >= 0.6 is 23.4 Å². The number of anilines is 1. The summed E-state index contributed by atoms with van der Waals surface area (Å²) < 4.78 is 0. The second kappa shape index (κ2) is 5.33. The molecule has 2 rings (SSSR count). The molecule has 0 spiro atoms. The highest BCUT2D eigenvalue weighted by atomic mass is 35.5. The predicted molar refractivity (Wildman–Crippen MR) is 73.3 cm³/mol. The van der Waals surface area contributed by atoms with Gasteiger partial charge >= 0.3 is 0 Å². The van der Waals surface area contributed by atoms with E-state index in [4.69, 9.17) is 17.3 Å². The molecule has 16 heavy (non-hydrogen) atoms. The van der Waals surface area contributed by atoms with Crippen LogP contribution in [0.1, 0.15) is 31.2 Å². The van der Waals surface area contributed by atoms with Crippen molar-refractivity contribution in [2.45, 2.75) is 37.5 Å². The summed E-state index contributed by atoms with van der Waals surface area (Å²) in [5.41, 5.74) is 7.69. The number of nitrogens with two attached hydrogens (primary N) is 1. The lowest BCUT2D eigenvalue weighted by atomic mass is 10.1. The molecule has 0 aliphatic heterocycles. The van der Waals surface area contributed by atoms with E-state index in [-0.39, 0.29) is 0 Å². The SMILES string of the molecule is Cc1cc(N)c(Cl)cc1SCC1CCCC1. The molecule has 0 unspecified atom stereocenters. The quantitative estimate of drug-likeness (QED) is 0.635. The van der Waals surface area contributed by atoms with Crippen LogP contribution in [0.3, 0.4) is 0 Å². The highest BCUT2D eigenvalue weighted by Gasteiger charge is 2.15. The Hall–Kier alpha value is -0.340. The van der Waals surface area contributed by atoms with Crippen LogP contribution < -0.4 is 5.73 Å². The third kappa shape index (κ3) is 2.86. The summed E-state index contributed by atoms with van der Waals surface area (Å²) in [6, 6.07) is 3.98. The zero-order valence-corrected chi connectivity index (χ0v) is 11.2. The summed E-state index contributed by atoms with van der Waals surface area (Å²) in [6.07, 6.45) is 5.61. The summed E-state index contributed by atoms with van der Waals surface area (Å²) in [5, 5.41) is 0.680. The monoisotopic (exact) mass is 255 g/mol. The van der Waals surface area contributed by atoms with Gasteiger partial charge in [0.1, 0.15) is 0 Å². The Kier molecular flexibility index (Phi) is 4.04. The first-order valence-electron chi connectivity index (χ1n) is 5.85. The van der Waals surface area contributed by atoms with E-state index in [1.807, 2.05) is 23.9 Å². The van der Waals surface area contributed by atoms with Crippen molar-refractivity contribution in [2.75, 3.05) is 11.5 Å². The van der Waals surface area contributed by atoms with Gasteiger partial charge < -0.3 is 5.73 Å². The maximum absolute atomic E-state index is 6.04. The molecule has 1 fully saturated rings. The summed E-state index contributed by atoms with van der Waals surface area (Å²) in [7, 11) is 0. The van der Waals surface area contributed by atoms with E-state index in [1.165, 1.54) is 41.9 Å². The van der Waals surface area contributed by atoms with Crippen molar-refractivity contribution in [3.05, 3.63) is 22.7 Å². The molecule has 1 aromatic rings. The van der Waals surface area contributed by atoms with Crippen molar-refractivity contribution in [3.63, 3.8) is 0 Å². The molecule has 1 nitrogen and oxygen atoms in total. The lowest BCUT2D eigenvalue weighted by molar-refractivity contribution is 0.623. The average Bonchev–Trinajstić information content (AvgIpc) is 2.74. The number of hydrogen-bond acceptors (Lipinski definition) is 2. The molecule has 3 heteroatoms. The smallest absolute Gasteiger partial charge is 0.0646 e. The van der Waals surface area contributed by atoms with Crippen molar-refractivity contribution >= 4 is 29.1 Å². The molecule has 0 bridgehead atoms. The van der Waals surface area contributed by atoms with Gasteiger partial charge in [-0.3, -0.25) is 0 Å². The molecule has 2 N–H and O–H groups in total. The highest BCUT2D eigenvalue weighted by Crippen LogP contribution is 2.34. The van der Waals surface area contributed by atoms with Crippen LogP contribution in [-0.2, 0) is 0 Å². The molecule has 0 radical (unpaired) electrons. The summed E-state index contributed by atoms with van der Waals surface area (Å²) >= 11 is 7.97. The van der Waals surface area contributed by atoms with Gasteiger partial charge in [0, 0.05) is 10.6 Å². The molecule has 1 saturated carbocycles. The third-order valence-electron chi connectivity index (χ3n) is 3.24. The van der Waals surface area contributed by atoms with Crippen molar-refractivity contribution in [1.29, 1.82) is 0 Å². The molecule has 88 valence electrons. The van der Waals surface area contributed by atoms with E-state index in [0.29, 0.717) is 10.7 Å².